The molecule has 1 heterocycles. The van der Waals surface area contributed by atoms with Crippen molar-refractivity contribution >= 4 is 5.78 Å². The van der Waals surface area contributed by atoms with E-state index in [4.69, 9.17) is 0 Å². The van der Waals surface area contributed by atoms with Crippen molar-refractivity contribution in [2.75, 3.05) is 0 Å². The Morgan fingerprint density at radius 2 is 1.77 bits per heavy atom. The largest absolute Gasteiger partial charge is 0.392 e. The van der Waals surface area contributed by atoms with Gasteiger partial charge in [-0.1, -0.05) is 76.2 Å². The molecule has 7 heteroatoms. The highest BCUT2D eigenvalue weighted by atomic mass is 16.3. The van der Waals surface area contributed by atoms with E-state index in [0.717, 1.165) is 69.9 Å². The average Bonchev–Trinajstić information content (AvgIpc) is 3.79. The minimum absolute atomic E-state index is 0.0252. The average molecular weight is 769 g/mol. The third-order valence-electron chi connectivity index (χ3n) is 18.3. The lowest BCUT2D eigenvalue weighted by molar-refractivity contribution is -0.161. The number of fused-ring (bicyclic) bond motifs is 7. The van der Waals surface area contributed by atoms with Crippen molar-refractivity contribution in [3.63, 3.8) is 0 Å². The maximum absolute atomic E-state index is 14.3. The summed E-state index contributed by atoms with van der Waals surface area (Å²) in [6.07, 6.45) is 23.0. The topological polar surface area (TPSA) is 116 Å². The highest BCUT2D eigenvalue weighted by Gasteiger charge is 2.69. The van der Waals surface area contributed by atoms with Crippen LogP contribution < -0.4 is 0 Å². The molecule has 13 atom stereocenters. The molecule has 4 N–H and O–H groups in total. The number of rotatable bonds is 9. The Bertz CT molecular complexity index is 1770. The van der Waals surface area contributed by atoms with Crippen LogP contribution >= 0.6 is 0 Å². The predicted octanol–water partition coefficient (Wildman–Crippen LogP) is 8.90. The van der Waals surface area contributed by atoms with Gasteiger partial charge in [0.1, 0.15) is 0 Å². The number of aliphatic hydroxyl groups is 4. The molecular weight excluding hydrogens is 697 g/mol. The first-order chi connectivity index (χ1) is 26.7. The lowest BCUT2D eigenvalue weighted by Crippen LogP contribution is -2.62. The van der Waals surface area contributed by atoms with Gasteiger partial charge in [-0.3, -0.25) is 4.79 Å². The summed E-state index contributed by atoms with van der Waals surface area (Å²) >= 11 is 0. The smallest absolute Gasteiger partial charge is 0.159 e. The van der Waals surface area contributed by atoms with E-state index in [1.807, 2.05) is 18.6 Å². The van der Waals surface area contributed by atoms with Gasteiger partial charge in [0.05, 0.1) is 30.2 Å². The molecule has 308 valence electrons. The molecule has 5 fully saturated rings. The van der Waals surface area contributed by atoms with Crippen molar-refractivity contribution in [3.8, 4) is 0 Å². The molecule has 0 amide bonds. The number of carbonyl (C=O) groups excluding carboxylic acids is 1. The molecule has 56 heavy (non-hydrogen) atoms. The number of allylic oxidation sites excluding steroid dienone is 3. The number of ketones is 1. The second kappa shape index (κ2) is 14.3. The summed E-state index contributed by atoms with van der Waals surface area (Å²) in [7, 11) is 0. The number of imidazole rings is 1. The van der Waals surface area contributed by atoms with Crippen LogP contribution in [0.1, 0.15) is 150 Å². The van der Waals surface area contributed by atoms with E-state index < -0.39 is 34.7 Å². The van der Waals surface area contributed by atoms with Crippen LogP contribution in [-0.2, 0) is 11.3 Å². The third kappa shape index (κ3) is 5.92. The van der Waals surface area contributed by atoms with E-state index in [9.17, 15) is 25.2 Å². The Labute approximate surface area is 336 Å². The molecule has 8 aliphatic rings. The normalized spacial score (nSPS) is 43.5. The van der Waals surface area contributed by atoms with E-state index in [-0.39, 0.29) is 40.8 Å². The number of aryl methyl sites for hydroxylation is 1. The van der Waals surface area contributed by atoms with Gasteiger partial charge < -0.3 is 25.0 Å². The minimum atomic E-state index is -1.12. The second-order valence-electron chi connectivity index (χ2n) is 21.8. The Hall–Kier alpha value is -2.06. The van der Waals surface area contributed by atoms with Gasteiger partial charge in [-0.2, -0.15) is 0 Å². The van der Waals surface area contributed by atoms with Crippen molar-refractivity contribution in [1.82, 2.24) is 9.55 Å². The molecule has 9 rings (SSSR count). The minimum Gasteiger partial charge on any atom is -0.392 e. The lowest BCUT2D eigenvalue weighted by Gasteiger charge is -2.62. The van der Waals surface area contributed by atoms with Crippen molar-refractivity contribution in [2.24, 2.45) is 63.6 Å². The van der Waals surface area contributed by atoms with Crippen LogP contribution in [-0.4, -0.2) is 59.7 Å². The molecule has 1 aromatic rings. The van der Waals surface area contributed by atoms with Crippen LogP contribution in [0, 0.1) is 63.6 Å². The molecule has 8 aliphatic carbocycles. The maximum Gasteiger partial charge on any atom is 0.159 e. The molecule has 1 aromatic heterocycles. The fourth-order valence-corrected chi connectivity index (χ4v) is 15.7. The summed E-state index contributed by atoms with van der Waals surface area (Å²) in [5.41, 5.74) is 5.39. The molecule has 0 bridgehead atoms. The predicted molar refractivity (Wildman–Crippen MR) is 219 cm³/mol. The summed E-state index contributed by atoms with van der Waals surface area (Å²) in [6.45, 7) is 12.6. The van der Waals surface area contributed by atoms with Crippen molar-refractivity contribution in [3.05, 3.63) is 52.7 Å². The van der Waals surface area contributed by atoms with Crippen LogP contribution in [0.5, 0.6) is 0 Å². The van der Waals surface area contributed by atoms with Crippen molar-refractivity contribution in [1.29, 1.82) is 0 Å². The number of aliphatic hydroxyl groups excluding tert-OH is 3. The Kier molecular flexibility index (Phi) is 10.1. The molecule has 0 radical (unpaired) electrons. The zero-order valence-corrected chi connectivity index (χ0v) is 35.2. The molecule has 13 unspecified atom stereocenters. The number of hydrogen-bond donors (Lipinski definition) is 4. The number of nitrogens with zero attached hydrogens (tertiary/aromatic N) is 2. The molecule has 0 spiro atoms. The van der Waals surface area contributed by atoms with E-state index in [1.165, 1.54) is 38.5 Å². The first-order valence-corrected chi connectivity index (χ1v) is 23.1. The van der Waals surface area contributed by atoms with E-state index in [2.05, 4.69) is 50.4 Å². The van der Waals surface area contributed by atoms with Crippen LogP contribution in [0.25, 0.3) is 0 Å². The standard InChI is InChI=1S/C49H72N2O5/c1-29(2)10-9-17-48-27-41(54)40(53)26-38(48)39(52)25-37-36(48)15-18-47(5)35(16-19-49(37,47)56)34-24-30-11-8-14-32-31-12-6-7-13-33(31)44(43(42(30)32)45(34)55)46(3,4)20-22-51-23-21-50-28-51/h21,23,25,28-31,34-36,38,40-41,43,45,53-56H,6-20,22,24,26-27H2,1-5H3. The summed E-state index contributed by atoms with van der Waals surface area (Å²) in [5.74, 6) is 1.66. The Balaban J connectivity index is 1.07. The second-order valence-corrected chi connectivity index (χ2v) is 21.8. The first kappa shape index (κ1) is 39.4. The summed E-state index contributed by atoms with van der Waals surface area (Å²) in [5, 5.41) is 48.7. The molecule has 0 aliphatic heterocycles. The van der Waals surface area contributed by atoms with Crippen molar-refractivity contribution < 1.29 is 25.2 Å². The molecule has 0 aromatic carbocycles. The summed E-state index contributed by atoms with van der Waals surface area (Å²) < 4.78 is 2.20. The highest BCUT2D eigenvalue weighted by Crippen LogP contribution is 2.71. The van der Waals surface area contributed by atoms with Crippen LogP contribution in [0.15, 0.2) is 52.7 Å². The number of carbonyl (C=O) groups is 1. The summed E-state index contributed by atoms with van der Waals surface area (Å²) in [6, 6.07) is 0. The lowest BCUT2D eigenvalue weighted by atomic mass is 9.43. The van der Waals surface area contributed by atoms with Gasteiger partial charge in [0.25, 0.3) is 0 Å². The van der Waals surface area contributed by atoms with Crippen LogP contribution in [0.3, 0.4) is 0 Å². The third-order valence-corrected chi connectivity index (χ3v) is 18.3. The van der Waals surface area contributed by atoms with E-state index in [1.54, 1.807) is 22.3 Å². The molecule has 5 saturated carbocycles. The van der Waals surface area contributed by atoms with Gasteiger partial charge in [0.2, 0.25) is 0 Å². The van der Waals surface area contributed by atoms with Gasteiger partial charge in [-0.15, -0.1) is 0 Å². The van der Waals surface area contributed by atoms with Gasteiger partial charge in [0.15, 0.2) is 5.78 Å². The maximum atomic E-state index is 14.3. The van der Waals surface area contributed by atoms with E-state index in [0.29, 0.717) is 37.0 Å². The van der Waals surface area contributed by atoms with Gasteiger partial charge >= 0.3 is 0 Å². The SMILES string of the molecule is CC(C)CCCC12CC(O)C(O)CC1C(=O)C=C1C2CCC2(C)C(C3CC4CCCC5=C4C(C(C(C)(C)CCn4ccnc4)=C4CCCCC54)C3O)CCC12O. The zero-order valence-electron chi connectivity index (χ0n) is 35.2. The van der Waals surface area contributed by atoms with Gasteiger partial charge in [-0.05, 0) is 148 Å². The van der Waals surface area contributed by atoms with Crippen molar-refractivity contribution in [2.45, 2.75) is 181 Å². The number of aromatic nitrogens is 2. The first-order valence-electron chi connectivity index (χ1n) is 23.1. The highest BCUT2D eigenvalue weighted by molar-refractivity contribution is 5.95. The molecule has 7 nitrogen and oxygen atoms in total. The zero-order chi connectivity index (χ0) is 39.4. The Morgan fingerprint density at radius 1 is 0.964 bits per heavy atom. The fourth-order valence-electron chi connectivity index (χ4n) is 15.7. The van der Waals surface area contributed by atoms with E-state index >= 15 is 0 Å². The molecule has 0 saturated heterocycles. The van der Waals surface area contributed by atoms with Gasteiger partial charge in [-0.25, -0.2) is 4.98 Å². The van der Waals surface area contributed by atoms with Gasteiger partial charge in [0, 0.05) is 42.1 Å². The number of hydrogen-bond acceptors (Lipinski definition) is 6. The molecular formula is C49H72N2O5. The fraction of sp³-hybridized carbons (Fsp3) is 0.796. The monoisotopic (exact) mass is 769 g/mol. The Morgan fingerprint density at radius 3 is 2.54 bits per heavy atom. The summed E-state index contributed by atoms with van der Waals surface area (Å²) in [4.78, 5) is 18.7. The quantitative estimate of drug-likeness (QED) is 0.187. The van der Waals surface area contributed by atoms with Crippen LogP contribution in [0.2, 0.25) is 0 Å². The van der Waals surface area contributed by atoms with Crippen LogP contribution in [0.4, 0.5) is 0 Å².